The molecule has 0 aliphatic carbocycles. The van der Waals surface area contributed by atoms with Gasteiger partial charge in [0.1, 0.15) is 4.88 Å². The molecule has 0 saturated carbocycles. The SMILES string of the molecule is CCCNC(=O)c1sc(-n2cccc2)nc1-c1ccccc1. The van der Waals surface area contributed by atoms with Crippen molar-refractivity contribution in [3.63, 3.8) is 0 Å². The Morgan fingerprint density at radius 3 is 2.59 bits per heavy atom. The summed E-state index contributed by atoms with van der Waals surface area (Å²) in [6.07, 6.45) is 4.78. The number of nitrogens with zero attached hydrogens (tertiary/aromatic N) is 2. The molecule has 1 N–H and O–H groups in total. The number of amides is 1. The molecule has 0 radical (unpaired) electrons. The number of aromatic nitrogens is 2. The maximum atomic E-state index is 12.4. The van der Waals surface area contributed by atoms with Gasteiger partial charge in [-0.05, 0) is 18.6 Å². The van der Waals surface area contributed by atoms with E-state index in [1.54, 1.807) is 0 Å². The van der Waals surface area contributed by atoms with Crippen LogP contribution in [0.15, 0.2) is 54.9 Å². The molecule has 1 amide bonds. The van der Waals surface area contributed by atoms with Crippen molar-refractivity contribution in [2.24, 2.45) is 0 Å². The van der Waals surface area contributed by atoms with E-state index in [0.717, 1.165) is 22.8 Å². The summed E-state index contributed by atoms with van der Waals surface area (Å²) in [5.41, 5.74) is 1.70. The summed E-state index contributed by atoms with van der Waals surface area (Å²) in [6, 6.07) is 13.7. The first kappa shape index (κ1) is 14.5. The zero-order valence-corrected chi connectivity index (χ0v) is 13.1. The number of thiazole rings is 1. The Morgan fingerprint density at radius 1 is 1.18 bits per heavy atom. The molecule has 4 nitrogen and oxygen atoms in total. The minimum Gasteiger partial charge on any atom is -0.351 e. The van der Waals surface area contributed by atoms with E-state index in [0.29, 0.717) is 11.4 Å². The summed E-state index contributed by atoms with van der Waals surface area (Å²) in [5.74, 6) is -0.0587. The molecule has 3 rings (SSSR count). The highest BCUT2D eigenvalue weighted by Gasteiger charge is 2.19. The van der Waals surface area contributed by atoms with Gasteiger partial charge in [0, 0.05) is 24.5 Å². The molecule has 3 aromatic rings. The molecule has 0 aliphatic heterocycles. The molecule has 0 atom stereocenters. The monoisotopic (exact) mass is 311 g/mol. The zero-order chi connectivity index (χ0) is 15.4. The predicted octanol–water partition coefficient (Wildman–Crippen LogP) is 3.74. The third kappa shape index (κ3) is 2.94. The quantitative estimate of drug-likeness (QED) is 0.780. The van der Waals surface area contributed by atoms with Crippen LogP contribution in [0.4, 0.5) is 0 Å². The first-order valence-corrected chi connectivity index (χ1v) is 8.09. The van der Waals surface area contributed by atoms with E-state index in [1.165, 1.54) is 11.3 Å². The summed E-state index contributed by atoms with van der Waals surface area (Å²) in [4.78, 5) is 17.8. The second-order valence-corrected chi connectivity index (χ2v) is 5.86. The fourth-order valence-corrected chi connectivity index (χ4v) is 3.12. The minimum atomic E-state index is -0.0587. The van der Waals surface area contributed by atoms with Crippen LogP contribution in [-0.2, 0) is 0 Å². The normalized spacial score (nSPS) is 10.6. The molecule has 5 heteroatoms. The van der Waals surface area contributed by atoms with Gasteiger partial charge < -0.3 is 9.88 Å². The van der Waals surface area contributed by atoms with Gasteiger partial charge in [0.25, 0.3) is 5.91 Å². The van der Waals surface area contributed by atoms with Gasteiger partial charge in [0.2, 0.25) is 0 Å². The number of hydrogen-bond acceptors (Lipinski definition) is 3. The first-order chi connectivity index (χ1) is 10.8. The highest BCUT2D eigenvalue weighted by Crippen LogP contribution is 2.30. The summed E-state index contributed by atoms with van der Waals surface area (Å²) >= 11 is 1.41. The van der Waals surface area contributed by atoms with E-state index in [-0.39, 0.29) is 5.91 Å². The molecule has 0 saturated heterocycles. The summed E-state index contributed by atoms with van der Waals surface area (Å²) < 4.78 is 1.92. The molecule has 0 unspecified atom stereocenters. The van der Waals surface area contributed by atoms with Crippen LogP contribution in [0.1, 0.15) is 23.0 Å². The summed E-state index contributed by atoms with van der Waals surface area (Å²) in [7, 11) is 0. The number of nitrogens with one attached hydrogen (secondary N) is 1. The van der Waals surface area contributed by atoms with Crippen molar-refractivity contribution >= 4 is 17.2 Å². The third-order valence-corrected chi connectivity index (χ3v) is 4.30. The lowest BCUT2D eigenvalue weighted by atomic mass is 10.1. The van der Waals surface area contributed by atoms with Crippen LogP contribution in [0.3, 0.4) is 0 Å². The second-order valence-electron chi connectivity index (χ2n) is 4.89. The summed E-state index contributed by atoms with van der Waals surface area (Å²) in [6.45, 7) is 2.71. The van der Waals surface area contributed by atoms with E-state index in [2.05, 4.69) is 10.3 Å². The lowest BCUT2D eigenvalue weighted by molar-refractivity contribution is 0.0958. The van der Waals surface area contributed by atoms with Crippen molar-refractivity contribution in [2.45, 2.75) is 13.3 Å². The fourth-order valence-electron chi connectivity index (χ4n) is 2.15. The highest BCUT2D eigenvalue weighted by atomic mass is 32.1. The molecular weight excluding hydrogens is 294 g/mol. The van der Waals surface area contributed by atoms with Crippen LogP contribution >= 0.6 is 11.3 Å². The van der Waals surface area contributed by atoms with Crippen LogP contribution in [0.2, 0.25) is 0 Å². The van der Waals surface area contributed by atoms with Gasteiger partial charge in [-0.2, -0.15) is 0 Å². The average molecular weight is 311 g/mol. The smallest absolute Gasteiger partial charge is 0.263 e. The van der Waals surface area contributed by atoms with E-state index in [9.17, 15) is 4.79 Å². The Balaban J connectivity index is 2.04. The van der Waals surface area contributed by atoms with Gasteiger partial charge in [0.05, 0.1) is 5.69 Å². The Labute approximate surface area is 133 Å². The van der Waals surface area contributed by atoms with Crippen LogP contribution < -0.4 is 5.32 Å². The Morgan fingerprint density at radius 2 is 1.91 bits per heavy atom. The van der Waals surface area contributed by atoms with Crippen molar-refractivity contribution in [3.8, 4) is 16.4 Å². The van der Waals surface area contributed by atoms with Gasteiger partial charge in [0.15, 0.2) is 5.13 Å². The standard InChI is InChI=1S/C17H17N3OS/c1-2-10-18-16(21)15-14(13-8-4-3-5-9-13)19-17(22-15)20-11-6-7-12-20/h3-9,11-12H,2,10H2,1H3,(H,18,21). The van der Waals surface area contributed by atoms with Crippen molar-refractivity contribution in [1.82, 2.24) is 14.9 Å². The molecule has 0 spiro atoms. The van der Waals surface area contributed by atoms with Crippen LogP contribution in [0, 0.1) is 0 Å². The van der Waals surface area contributed by atoms with Gasteiger partial charge in [-0.1, -0.05) is 48.6 Å². The zero-order valence-electron chi connectivity index (χ0n) is 12.3. The van der Waals surface area contributed by atoms with Gasteiger partial charge in [-0.25, -0.2) is 4.98 Å². The maximum absolute atomic E-state index is 12.4. The van der Waals surface area contributed by atoms with Gasteiger partial charge >= 0.3 is 0 Å². The summed E-state index contributed by atoms with van der Waals surface area (Å²) in [5, 5.41) is 3.74. The average Bonchev–Trinajstić information content (AvgIpc) is 3.22. The molecule has 2 heterocycles. The van der Waals surface area contributed by atoms with Crippen molar-refractivity contribution in [2.75, 3.05) is 6.54 Å². The van der Waals surface area contributed by atoms with Crippen molar-refractivity contribution in [3.05, 3.63) is 59.7 Å². The number of carbonyl (C=O) groups is 1. The second kappa shape index (κ2) is 6.58. The predicted molar refractivity (Wildman–Crippen MR) is 89.5 cm³/mol. The number of carbonyl (C=O) groups excluding carboxylic acids is 1. The van der Waals surface area contributed by atoms with Crippen LogP contribution in [0.25, 0.3) is 16.4 Å². The number of rotatable bonds is 5. The molecule has 0 bridgehead atoms. The minimum absolute atomic E-state index is 0.0587. The van der Waals surface area contributed by atoms with Gasteiger partial charge in [-0.15, -0.1) is 0 Å². The lowest BCUT2D eigenvalue weighted by Gasteiger charge is -2.03. The van der Waals surface area contributed by atoms with Crippen LogP contribution in [0.5, 0.6) is 0 Å². The Kier molecular flexibility index (Phi) is 4.34. The van der Waals surface area contributed by atoms with E-state index < -0.39 is 0 Å². The van der Waals surface area contributed by atoms with Crippen molar-refractivity contribution < 1.29 is 4.79 Å². The van der Waals surface area contributed by atoms with Gasteiger partial charge in [-0.3, -0.25) is 4.79 Å². The largest absolute Gasteiger partial charge is 0.351 e. The number of hydrogen-bond donors (Lipinski definition) is 1. The molecule has 0 aliphatic rings. The van der Waals surface area contributed by atoms with E-state index in [4.69, 9.17) is 0 Å². The molecule has 1 aromatic carbocycles. The van der Waals surface area contributed by atoms with E-state index >= 15 is 0 Å². The Hall–Kier alpha value is -2.40. The molecular formula is C17H17N3OS. The topological polar surface area (TPSA) is 46.9 Å². The molecule has 2 aromatic heterocycles. The van der Waals surface area contributed by atoms with Crippen molar-refractivity contribution in [1.29, 1.82) is 0 Å². The third-order valence-electron chi connectivity index (χ3n) is 3.23. The molecule has 112 valence electrons. The first-order valence-electron chi connectivity index (χ1n) is 7.27. The maximum Gasteiger partial charge on any atom is 0.263 e. The lowest BCUT2D eigenvalue weighted by Crippen LogP contribution is -2.23. The number of benzene rings is 1. The molecule has 22 heavy (non-hydrogen) atoms. The van der Waals surface area contributed by atoms with E-state index in [1.807, 2.05) is 66.3 Å². The molecule has 0 fully saturated rings. The fraction of sp³-hybridized carbons (Fsp3) is 0.176. The highest BCUT2D eigenvalue weighted by molar-refractivity contribution is 7.16. The Bertz CT molecular complexity index is 748. The van der Waals surface area contributed by atoms with Crippen LogP contribution in [-0.4, -0.2) is 22.0 Å².